The topological polar surface area (TPSA) is 333 Å². The molecule has 93 heavy (non-hydrogen) atoms. The van der Waals surface area contributed by atoms with Crippen LogP contribution in [0.3, 0.4) is 0 Å². The predicted molar refractivity (Wildman–Crippen MR) is 353 cm³/mol. The average Bonchev–Trinajstić information content (AvgIpc) is 1.72. The highest BCUT2D eigenvalue weighted by molar-refractivity contribution is 8.01. The van der Waals surface area contributed by atoms with E-state index in [1.54, 1.807) is 0 Å². The van der Waals surface area contributed by atoms with E-state index in [0.717, 1.165) is 42.3 Å². The zero-order valence-corrected chi connectivity index (χ0v) is 57.7. The van der Waals surface area contributed by atoms with Crippen LogP contribution in [0.5, 0.6) is 0 Å². The molecule has 27 nitrogen and oxygen atoms in total. The number of ether oxygens (including phenoxy) is 12. The lowest BCUT2D eigenvalue weighted by Gasteiger charge is -2.19. The van der Waals surface area contributed by atoms with Crippen molar-refractivity contribution in [3.8, 4) is 0 Å². The number of rotatable bonds is 71. The van der Waals surface area contributed by atoms with Crippen molar-refractivity contribution < 1.29 is 101 Å². The summed E-state index contributed by atoms with van der Waals surface area (Å²) >= 11 is 0.984. The van der Waals surface area contributed by atoms with Gasteiger partial charge in [0.2, 0.25) is 35.4 Å². The number of ketones is 3. The van der Waals surface area contributed by atoms with Gasteiger partial charge in [0, 0.05) is 72.6 Å². The van der Waals surface area contributed by atoms with Gasteiger partial charge in [-0.3, -0.25) is 48.1 Å². The van der Waals surface area contributed by atoms with Crippen LogP contribution in [-0.4, -0.2) is 278 Å². The molecule has 0 radical (unpaired) electrons. The Kier molecular flexibility index (Phi) is 58.5. The monoisotopic (exact) mass is 1350 g/mol. The Labute approximate surface area is 559 Å². The molecule has 0 bridgehead atoms. The molecule has 1 heterocycles. The van der Waals surface area contributed by atoms with Gasteiger partial charge in [-0.1, -0.05) is 71.1 Å². The first-order chi connectivity index (χ1) is 45.1. The summed E-state index contributed by atoms with van der Waals surface area (Å²) in [5.74, 6) is -2.95. The number of likely N-dealkylation sites (tertiary alicyclic amines) is 1. The molecular weight excluding hydrogens is 1230 g/mol. The molecule has 5 N–H and O–H groups in total. The Morgan fingerprint density at radius 1 is 0.505 bits per heavy atom. The third kappa shape index (κ3) is 54.7. The van der Waals surface area contributed by atoms with Crippen molar-refractivity contribution in [2.45, 2.75) is 166 Å². The van der Waals surface area contributed by atoms with Crippen molar-refractivity contribution in [1.82, 2.24) is 25.8 Å². The van der Waals surface area contributed by atoms with Gasteiger partial charge in [-0.2, -0.15) is 0 Å². The summed E-state index contributed by atoms with van der Waals surface area (Å²) in [7, 11) is 3.70. The van der Waals surface area contributed by atoms with Gasteiger partial charge in [-0.15, -0.1) is 11.8 Å². The van der Waals surface area contributed by atoms with Crippen molar-refractivity contribution in [2.75, 3.05) is 198 Å². The molecule has 6 amide bonds. The molecule has 0 saturated carbocycles. The summed E-state index contributed by atoms with van der Waals surface area (Å²) in [6, 6.07) is -1.71. The third-order valence-corrected chi connectivity index (χ3v) is 15.4. The molecule has 1 aliphatic rings. The van der Waals surface area contributed by atoms with E-state index in [0.29, 0.717) is 217 Å². The van der Waals surface area contributed by atoms with Gasteiger partial charge in [-0.05, 0) is 46.7 Å². The van der Waals surface area contributed by atoms with Gasteiger partial charge in [0.1, 0.15) is 29.4 Å². The summed E-state index contributed by atoms with van der Waals surface area (Å²) < 4.78 is 66.3. The number of thioether (sulfide) groups is 1. The molecule has 3 atom stereocenters. The SMILES string of the molecule is CCCCCCCCCCCC(=O)NC(CCCCCC(=O)CCOCCOCCOCCOCCOCCOCCOCCOCCOCCOCCOCCOCCCC(=O)CCN1C(=O)CC(SCC(=O)NC(CC(C)=O)C(=O)NCCN(C)C)C1=O)C(N)=O.[HH]. The fourth-order valence-electron chi connectivity index (χ4n) is 9.01. The number of hydrogen-bond donors (Lipinski definition) is 4. The van der Waals surface area contributed by atoms with E-state index in [9.17, 15) is 43.2 Å². The van der Waals surface area contributed by atoms with Gasteiger partial charge >= 0.3 is 0 Å². The predicted octanol–water partition coefficient (Wildman–Crippen LogP) is 3.97. The second-order valence-corrected chi connectivity index (χ2v) is 23.9. The lowest BCUT2D eigenvalue weighted by Crippen LogP contribution is -2.49. The molecule has 0 aliphatic carbocycles. The lowest BCUT2D eigenvalue weighted by molar-refractivity contribution is -0.138. The van der Waals surface area contributed by atoms with Gasteiger partial charge in [0.15, 0.2) is 0 Å². The maximum Gasteiger partial charge on any atom is 0.243 e. The van der Waals surface area contributed by atoms with Crippen molar-refractivity contribution in [3.05, 3.63) is 0 Å². The van der Waals surface area contributed by atoms with Crippen LogP contribution < -0.4 is 21.7 Å². The summed E-state index contributed by atoms with van der Waals surface area (Å²) in [4.78, 5) is 114. The number of carbonyl (C=O) groups excluding carboxylic acids is 9. The number of unbranched alkanes of at least 4 members (excludes halogenated alkanes) is 10. The smallest absolute Gasteiger partial charge is 0.243 e. The Hall–Kier alpha value is -4.14. The number of primary amides is 1. The van der Waals surface area contributed by atoms with E-state index in [1.165, 1.54) is 45.4 Å². The molecule has 1 rings (SSSR count). The molecule has 0 spiro atoms. The highest BCUT2D eigenvalue weighted by Crippen LogP contribution is 2.25. The van der Waals surface area contributed by atoms with E-state index in [-0.39, 0.29) is 62.7 Å². The van der Waals surface area contributed by atoms with E-state index >= 15 is 0 Å². The molecule has 1 saturated heterocycles. The number of carbonyl (C=O) groups is 9. The Morgan fingerprint density at radius 3 is 1.35 bits per heavy atom. The number of nitrogens with one attached hydrogen (secondary N) is 3. The number of nitrogens with two attached hydrogens (primary N) is 1. The van der Waals surface area contributed by atoms with Gasteiger partial charge in [-0.25, -0.2) is 0 Å². The minimum Gasteiger partial charge on any atom is -0.379 e. The number of nitrogens with zero attached hydrogens (tertiary/aromatic N) is 2. The second kappa shape index (κ2) is 62.7. The third-order valence-electron chi connectivity index (χ3n) is 14.2. The average molecular weight is 1350 g/mol. The molecule has 28 heteroatoms. The van der Waals surface area contributed by atoms with Crippen LogP contribution in [0.15, 0.2) is 0 Å². The van der Waals surface area contributed by atoms with Crippen LogP contribution >= 0.6 is 11.8 Å². The molecule has 0 aromatic rings. The largest absolute Gasteiger partial charge is 0.379 e. The number of imide groups is 1. The molecule has 542 valence electrons. The standard InChI is InChI=1S/C65H118N6O21S.H2/c1-5-6-7-8-9-10-11-12-16-21-60(75)68-57(63(66)78)20-15-13-14-18-56(74)23-28-82-30-32-84-34-36-86-38-40-88-42-44-90-46-48-92-50-49-91-47-45-89-43-41-87-39-37-85-35-33-83-31-29-81-27-17-19-55(73)22-25-71-62(77)52-59(65(71)80)93-53-61(76)69-58(51-54(2)72)64(79)67-24-26-70(3)4;/h57-59H,5-53H2,1-4H3,(H2,66,78)(H,67,79)(H,68,75)(H,69,76);1H. The lowest BCUT2D eigenvalue weighted by atomic mass is 10.0. The second-order valence-electron chi connectivity index (χ2n) is 22.7. The number of amides is 6. The van der Waals surface area contributed by atoms with Gasteiger partial charge in [0.25, 0.3) is 0 Å². The highest BCUT2D eigenvalue weighted by Gasteiger charge is 2.39. The Morgan fingerprint density at radius 2 is 0.903 bits per heavy atom. The summed E-state index contributed by atoms with van der Waals surface area (Å²) in [6.45, 7) is 14.5. The van der Waals surface area contributed by atoms with E-state index < -0.39 is 46.9 Å². The normalized spacial score (nSPS) is 13.9. The van der Waals surface area contributed by atoms with Crippen LogP contribution in [0.25, 0.3) is 0 Å². The zero-order chi connectivity index (χ0) is 68.0. The van der Waals surface area contributed by atoms with Crippen LogP contribution in [0.4, 0.5) is 0 Å². The fourth-order valence-corrected chi connectivity index (χ4v) is 9.98. The van der Waals surface area contributed by atoms with Crippen molar-refractivity contribution in [2.24, 2.45) is 5.73 Å². The van der Waals surface area contributed by atoms with Crippen molar-refractivity contribution >= 4 is 64.6 Å². The molecular formula is C65H120N6O21S. The number of likely N-dealkylation sites (N-methyl/N-ethyl adjacent to an activating group) is 1. The van der Waals surface area contributed by atoms with E-state index in [2.05, 4.69) is 22.9 Å². The maximum atomic E-state index is 12.9. The first-order valence-corrected chi connectivity index (χ1v) is 34.9. The quantitative estimate of drug-likeness (QED) is 0.0494. The molecule has 0 aromatic heterocycles. The fraction of sp³-hybridized carbons (Fsp3) is 0.862. The van der Waals surface area contributed by atoms with Gasteiger partial charge in [0.05, 0.1) is 163 Å². The molecule has 3 unspecified atom stereocenters. The summed E-state index contributed by atoms with van der Waals surface area (Å²) in [6.07, 6.45) is 14.9. The van der Waals surface area contributed by atoms with E-state index in [1.807, 2.05) is 19.0 Å². The zero-order valence-electron chi connectivity index (χ0n) is 56.8. The first kappa shape index (κ1) is 86.9. The van der Waals surface area contributed by atoms with Crippen LogP contribution in [0.2, 0.25) is 0 Å². The van der Waals surface area contributed by atoms with Crippen LogP contribution in [0, 0.1) is 0 Å². The summed E-state index contributed by atoms with van der Waals surface area (Å²) in [5.41, 5.74) is 5.54. The van der Waals surface area contributed by atoms with E-state index in [4.69, 9.17) is 62.6 Å². The molecule has 0 aromatic carbocycles. The first-order valence-electron chi connectivity index (χ1n) is 33.9. The minimum absolute atomic E-state index is 0. The van der Waals surface area contributed by atoms with Crippen molar-refractivity contribution in [3.63, 3.8) is 0 Å². The minimum atomic E-state index is -1.04. The summed E-state index contributed by atoms with van der Waals surface area (Å²) in [5, 5.41) is 7.27. The molecule has 1 aliphatic heterocycles. The Balaban J connectivity index is 0.0000865. The van der Waals surface area contributed by atoms with Crippen molar-refractivity contribution in [1.29, 1.82) is 0 Å². The number of Topliss-reactive ketones (excluding diaryl/α,β-unsaturated/α-hetero) is 3. The highest BCUT2D eigenvalue weighted by atomic mass is 32.2. The van der Waals surface area contributed by atoms with Crippen LogP contribution in [-0.2, 0) is 100.0 Å². The Bertz CT molecular complexity index is 1970. The van der Waals surface area contributed by atoms with Crippen LogP contribution in [0.1, 0.15) is 150 Å². The maximum absolute atomic E-state index is 12.9. The molecule has 1 fully saturated rings. The van der Waals surface area contributed by atoms with Gasteiger partial charge < -0.3 is 83.4 Å². The number of hydrogen-bond acceptors (Lipinski definition) is 23.